The van der Waals surface area contributed by atoms with Crippen LogP contribution in [-0.4, -0.2) is 18.4 Å². The fraction of sp³-hybridized carbons (Fsp3) is 0.222. The molecule has 1 saturated heterocycles. The van der Waals surface area contributed by atoms with Gasteiger partial charge in [0.15, 0.2) is 0 Å². The van der Waals surface area contributed by atoms with Gasteiger partial charge in [-0.3, -0.25) is 9.59 Å². The lowest BCUT2D eigenvalue weighted by Crippen LogP contribution is -2.32. The maximum Gasteiger partial charge on any atom is 0.237 e. The highest BCUT2D eigenvalue weighted by Crippen LogP contribution is 2.32. The van der Waals surface area contributed by atoms with Crippen LogP contribution < -0.4 is 10.6 Å². The minimum absolute atomic E-state index is 0.156. The second kappa shape index (κ2) is 6.92. The Morgan fingerprint density at radius 2 is 2.00 bits per heavy atom. The van der Waals surface area contributed by atoms with E-state index in [1.807, 2.05) is 25.1 Å². The van der Waals surface area contributed by atoms with Crippen LogP contribution in [0.25, 0.3) is 0 Å². The minimum atomic E-state index is -0.981. The average molecular weight is 409 g/mol. The number of carbonyl (C=O) groups is 2. The highest BCUT2D eigenvalue weighted by atomic mass is 79.9. The highest BCUT2D eigenvalue weighted by Gasteiger charge is 2.41. The molecule has 1 fully saturated rings. The smallest absolute Gasteiger partial charge is 0.237 e. The van der Waals surface area contributed by atoms with Crippen molar-refractivity contribution in [1.82, 2.24) is 5.32 Å². The van der Waals surface area contributed by atoms with E-state index in [9.17, 15) is 18.4 Å². The van der Waals surface area contributed by atoms with Gasteiger partial charge < -0.3 is 10.6 Å². The molecule has 0 radical (unpaired) electrons. The second-order valence-electron chi connectivity index (χ2n) is 5.95. The number of aryl methyl sites for hydroxylation is 1. The predicted octanol–water partition coefficient (Wildman–Crippen LogP) is 3.50. The highest BCUT2D eigenvalue weighted by molar-refractivity contribution is 9.10. The number of nitrogens with one attached hydrogen (secondary N) is 2. The van der Waals surface area contributed by atoms with Crippen LogP contribution in [0.1, 0.15) is 17.0 Å². The first-order chi connectivity index (χ1) is 11.9. The molecule has 7 heteroatoms. The number of hydrogen-bond acceptors (Lipinski definition) is 2. The number of carbonyl (C=O) groups excluding carboxylic acids is 2. The zero-order valence-corrected chi connectivity index (χ0v) is 14.9. The predicted molar refractivity (Wildman–Crippen MR) is 93.1 cm³/mol. The molecule has 1 aliphatic heterocycles. The van der Waals surface area contributed by atoms with Crippen molar-refractivity contribution in [2.75, 3.05) is 11.9 Å². The molecule has 130 valence electrons. The number of amides is 2. The summed E-state index contributed by atoms with van der Waals surface area (Å²) in [5.74, 6) is -4.00. The van der Waals surface area contributed by atoms with E-state index in [0.717, 1.165) is 27.7 Å². The lowest BCUT2D eigenvalue weighted by atomic mass is 9.87. The van der Waals surface area contributed by atoms with Crippen molar-refractivity contribution >= 4 is 33.4 Å². The van der Waals surface area contributed by atoms with Gasteiger partial charge >= 0.3 is 0 Å². The van der Waals surface area contributed by atoms with Crippen molar-refractivity contribution in [1.29, 1.82) is 0 Å². The topological polar surface area (TPSA) is 58.2 Å². The second-order valence-corrected chi connectivity index (χ2v) is 6.81. The van der Waals surface area contributed by atoms with E-state index in [0.29, 0.717) is 12.6 Å². The summed E-state index contributed by atoms with van der Waals surface area (Å²) in [5.41, 5.74) is 1.68. The van der Waals surface area contributed by atoms with E-state index in [4.69, 9.17) is 0 Å². The Bertz CT molecular complexity index is 857. The largest absolute Gasteiger partial charge is 0.355 e. The average Bonchev–Trinajstić information content (AvgIpc) is 2.94. The van der Waals surface area contributed by atoms with Crippen LogP contribution in [0, 0.1) is 24.5 Å². The Kier molecular flexibility index (Phi) is 4.85. The molecule has 0 unspecified atom stereocenters. The molecule has 1 heterocycles. The summed E-state index contributed by atoms with van der Waals surface area (Å²) in [6.45, 7) is 2.24. The van der Waals surface area contributed by atoms with Crippen molar-refractivity contribution in [3.63, 3.8) is 0 Å². The fourth-order valence-electron chi connectivity index (χ4n) is 2.93. The molecular weight excluding hydrogens is 394 g/mol. The third kappa shape index (κ3) is 3.56. The lowest BCUT2D eigenvalue weighted by Gasteiger charge is -2.18. The minimum Gasteiger partial charge on any atom is -0.355 e. The Morgan fingerprint density at radius 3 is 2.68 bits per heavy atom. The summed E-state index contributed by atoms with van der Waals surface area (Å²) in [6, 6.07) is 8.48. The summed E-state index contributed by atoms with van der Waals surface area (Å²) in [7, 11) is 0. The van der Waals surface area contributed by atoms with Crippen molar-refractivity contribution < 1.29 is 18.4 Å². The number of benzene rings is 2. The number of anilines is 1. The number of halogens is 3. The van der Waals surface area contributed by atoms with Crippen molar-refractivity contribution in [3.05, 3.63) is 63.6 Å². The molecule has 2 N–H and O–H groups in total. The Hall–Kier alpha value is -2.28. The molecule has 1 aliphatic rings. The van der Waals surface area contributed by atoms with Crippen molar-refractivity contribution in [2.24, 2.45) is 5.92 Å². The zero-order valence-electron chi connectivity index (χ0n) is 13.3. The van der Waals surface area contributed by atoms with Gasteiger partial charge in [0.1, 0.15) is 17.6 Å². The SMILES string of the molecule is Cc1cc([C@H]2CNC(=O)[C@@H]2C(=O)Nc2ccc(F)cc2F)ccc1Br. The molecular formula is C18H15BrF2N2O2. The third-order valence-corrected chi connectivity index (χ3v) is 5.15. The first-order valence-electron chi connectivity index (χ1n) is 7.66. The summed E-state index contributed by atoms with van der Waals surface area (Å²) in [6.07, 6.45) is 0. The number of rotatable bonds is 3. The lowest BCUT2D eigenvalue weighted by molar-refractivity contribution is -0.130. The normalized spacial score (nSPS) is 19.6. The summed E-state index contributed by atoms with van der Waals surface area (Å²) in [4.78, 5) is 24.7. The molecule has 0 aliphatic carbocycles. The molecule has 2 amide bonds. The first kappa shape index (κ1) is 17.5. The quantitative estimate of drug-likeness (QED) is 0.763. The number of hydrogen-bond donors (Lipinski definition) is 2. The van der Waals surface area contributed by atoms with E-state index >= 15 is 0 Å². The summed E-state index contributed by atoms with van der Waals surface area (Å²) >= 11 is 3.42. The van der Waals surface area contributed by atoms with Crippen molar-refractivity contribution in [3.8, 4) is 0 Å². The van der Waals surface area contributed by atoms with Crippen LogP contribution >= 0.6 is 15.9 Å². The van der Waals surface area contributed by atoms with Crippen LogP contribution in [0.5, 0.6) is 0 Å². The molecule has 2 aromatic rings. The van der Waals surface area contributed by atoms with Gasteiger partial charge in [-0.25, -0.2) is 8.78 Å². The zero-order chi connectivity index (χ0) is 18.1. The standard InChI is InChI=1S/C18H15BrF2N2O2/c1-9-6-10(2-4-13(9)19)12-8-22-17(24)16(12)18(25)23-15-5-3-11(20)7-14(15)21/h2-7,12,16H,8H2,1H3,(H,22,24)(H,23,25)/t12-,16-/m1/s1. The summed E-state index contributed by atoms with van der Waals surface area (Å²) < 4.78 is 27.7. The summed E-state index contributed by atoms with van der Waals surface area (Å²) in [5, 5.41) is 5.06. The van der Waals surface area contributed by atoms with Crippen LogP contribution in [0.2, 0.25) is 0 Å². The van der Waals surface area contributed by atoms with Gasteiger partial charge in [-0.15, -0.1) is 0 Å². The Morgan fingerprint density at radius 1 is 1.24 bits per heavy atom. The molecule has 2 aromatic carbocycles. The van der Waals surface area contributed by atoms with Crippen LogP contribution in [0.15, 0.2) is 40.9 Å². The molecule has 0 bridgehead atoms. The van der Waals surface area contributed by atoms with Gasteiger partial charge in [0, 0.05) is 23.0 Å². The first-order valence-corrected chi connectivity index (χ1v) is 8.46. The Labute approximate surface area is 151 Å². The van der Waals surface area contributed by atoms with Gasteiger partial charge in [-0.1, -0.05) is 28.1 Å². The van der Waals surface area contributed by atoms with Gasteiger partial charge in [0.05, 0.1) is 5.69 Å². The van der Waals surface area contributed by atoms with E-state index in [1.165, 1.54) is 0 Å². The molecule has 0 aromatic heterocycles. The molecule has 3 rings (SSSR count). The van der Waals surface area contributed by atoms with Crippen LogP contribution in [-0.2, 0) is 9.59 Å². The van der Waals surface area contributed by atoms with E-state index in [-0.39, 0.29) is 11.6 Å². The maximum atomic E-state index is 13.8. The molecule has 25 heavy (non-hydrogen) atoms. The van der Waals surface area contributed by atoms with Gasteiger partial charge in [0.2, 0.25) is 11.8 Å². The van der Waals surface area contributed by atoms with E-state index in [1.54, 1.807) is 0 Å². The van der Waals surface area contributed by atoms with Crippen molar-refractivity contribution in [2.45, 2.75) is 12.8 Å². The van der Waals surface area contributed by atoms with Gasteiger partial charge in [-0.2, -0.15) is 0 Å². The van der Waals surface area contributed by atoms with E-state index < -0.39 is 29.4 Å². The molecule has 0 spiro atoms. The van der Waals surface area contributed by atoms with Gasteiger partial charge in [-0.05, 0) is 36.2 Å². The fourth-order valence-corrected chi connectivity index (χ4v) is 3.18. The molecule has 4 nitrogen and oxygen atoms in total. The maximum absolute atomic E-state index is 13.8. The third-order valence-electron chi connectivity index (χ3n) is 4.26. The molecule has 2 atom stereocenters. The Balaban J connectivity index is 1.86. The van der Waals surface area contributed by atoms with Gasteiger partial charge in [0.25, 0.3) is 0 Å². The van der Waals surface area contributed by atoms with Crippen LogP contribution in [0.3, 0.4) is 0 Å². The molecule has 0 saturated carbocycles. The van der Waals surface area contributed by atoms with E-state index in [2.05, 4.69) is 26.6 Å². The monoisotopic (exact) mass is 408 g/mol. The van der Waals surface area contributed by atoms with Crippen LogP contribution in [0.4, 0.5) is 14.5 Å².